The first-order valence-corrected chi connectivity index (χ1v) is 7.15. The molecule has 0 aliphatic rings. The summed E-state index contributed by atoms with van der Waals surface area (Å²) < 4.78 is 23.5. The maximum Gasteiger partial charge on any atom is 0.154 e. The highest BCUT2D eigenvalue weighted by Crippen LogP contribution is 2.17. The van der Waals surface area contributed by atoms with Gasteiger partial charge < -0.3 is 5.11 Å². The van der Waals surface area contributed by atoms with E-state index in [1.54, 1.807) is 0 Å². The van der Waals surface area contributed by atoms with E-state index >= 15 is 0 Å². The van der Waals surface area contributed by atoms with Gasteiger partial charge in [-0.2, -0.15) is 0 Å². The molecule has 0 fully saturated rings. The lowest BCUT2D eigenvalue weighted by Crippen LogP contribution is -2.12. The number of sulfone groups is 1. The molecule has 1 aromatic rings. The molecule has 0 bridgehead atoms. The minimum absolute atomic E-state index is 0.0529. The third kappa shape index (κ3) is 3.61. The maximum atomic E-state index is 11.8. The van der Waals surface area contributed by atoms with E-state index in [9.17, 15) is 8.42 Å². The van der Waals surface area contributed by atoms with Crippen LogP contribution in [0.5, 0.6) is 0 Å². The first-order chi connectivity index (χ1) is 7.46. The van der Waals surface area contributed by atoms with Crippen LogP contribution >= 0.6 is 0 Å². The van der Waals surface area contributed by atoms with Crippen LogP contribution in [0.4, 0.5) is 0 Å². The fourth-order valence-corrected chi connectivity index (χ4v) is 3.26. The highest BCUT2D eigenvalue weighted by Gasteiger charge is 2.14. The molecule has 90 valence electrons. The first kappa shape index (κ1) is 13.2. The Labute approximate surface area is 97.0 Å². The second-order valence-corrected chi connectivity index (χ2v) is 6.22. The molecule has 0 atom stereocenters. The fourth-order valence-electron chi connectivity index (χ4n) is 1.65. The van der Waals surface area contributed by atoms with Crippen molar-refractivity contribution in [3.05, 3.63) is 34.9 Å². The molecular weight excluding hydrogens is 224 g/mol. The average molecular weight is 242 g/mol. The lowest BCUT2D eigenvalue weighted by atomic mass is 10.1. The smallest absolute Gasteiger partial charge is 0.154 e. The summed E-state index contributed by atoms with van der Waals surface area (Å²) in [6, 6.07) is 5.77. The lowest BCUT2D eigenvalue weighted by molar-refractivity contribution is 0.295. The van der Waals surface area contributed by atoms with Gasteiger partial charge in [0.15, 0.2) is 9.84 Å². The van der Waals surface area contributed by atoms with Gasteiger partial charge in [-0.15, -0.1) is 0 Å². The Morgan fingerprint density at radius 2 is 1.75 bits per heavy atom. The molecule has 3 nitrogen and oxygen atoms in total. The van der Waals surface area contributed by atoms with Gasteiger partial charge in [-0.05, 0) is 37.0 Å². The van der Waals surface area contributed by atoms with Crippen LogP contribution in [0.3, 0.4) is 0 Å². The van der Waals surface area contributed by atoms with Gasteiger partial charge in [-0.1, -0.05) is 18.2 Å². The number of benzene rings is 1. The van der Waals surface area contributed by atoms with Gasteiger partial charge >= 0.3 is 0 Å². The molecule has 0 spiro atoms. The van der Waals surface area contributed by atoms with Gasteiger partial charge in [-0.3, -0.25) is 0 Å². The summed E-state index contributed by atoms with van der Waals surface area (Å²) in [5.74, 6) is 0.128. The van der Waals surface area contributed by atoms with E-state index in [4.69, 9.17) is 5.11 Å². The zero-order valence-electron chi connectivity index (χ0n) is 9.73. The topological polar surface area (TPSA) is 54.4 Å². The standard InChI is InChI=1S/C12H18O3S/c1-10-5-3-6-11(2)12(10)9-16(14,15)8-4-7-13/h3,5-6,13H,4,7-9H2,1-2H3. The van der Waals surface area contributed by atoms with Crippen LogP contribution in [-0.4, -0.2) is 25.9 Å². The van der Waals surface area contributed by atoms with Crippen molar-refractivity contribution in [1.29, 1.82) is 0 Å². The highest BCUT2D eigenvalue weighted by atomic mass is 32.2. The number of aliphatic hydroxyl groups is 1. The van der Waals surface area contributed by atoms with E-state index in [2.05, 4.69) is 0 Å². The molecule has 0 aromatic heterocycles. The average Bonchev–Trinajstić information content (AvgIpc) is 2.21. The van der Waals surface area contributed by atoms with Crippen molar-refractivity contribution in [2.24, 2.45) is 0 Å². The van der Waals surface area contributed by atoms with Crippen molar-refractivity contribution >= 4 is 9.84 Å². The predicted molar refractivity (Wildman–Crippen MR) is 65.1 cm³/mol. The lowest BCUT2D eigenvalue weighted by Gasteiger charge is -2.09. The van der Waals surface area contributed by atoms with Gasteiger partial charge in [0.1, 0.15) is 0 Å². The van der Waals surface area contributed by atoms with Crippen LogP contribution in [0.2, 0.25) is 0 Å². The first-order valence-electron chi connectivity index (χ1n) is 5.32. The molecule has 0 radical (unpaired) electrons. The van der Waals surface area contributed by atoms with Crippen LogP contribution in [0.1, 0.15) is 23.1 Å². The Bertz CT molecular complexity index is 429. The van der Waals surface area contributed by atoms with Crippen molar-refractivity contribution in [1.82, 2.24) is 0 Å². The minimum Gasteiger partial charge on any atom is -0.396 e. The minimum atomic E-state index is -3.10. The molecule has 0 aliphatic carbocycles. The van der Waals surface area contributed by atoms with E-state index in [-0.39, 0.29) is 18.1 Å². The van der Waals surface area contributed by atoms with Crippen molar-refractivity contribution in [2.45, 2.75) is 26.0 Å². The molecule has 16 heavy (non-hydrogen) atoms. The summed E-state index contributed by atoms with van der Waals surface area (Å²) in [5.41, 5.74) is 2.90. The van der Waals surface area contributed by atoms with E-state index < -0.39 is 9.84 Å². The highest BCUT2D eigenvalue weighted by molar-refractivity contribution is 7.90. The van der Waals surface area contributed by atoms with Gasteiger partial charge in [0.05, 0.1) is 11.5 Å². The van der Waals surface area contributed by atoms with Crippen molar-refractivity contribution in [2.75, 3.05) is 12.4 Å². The number of hydrogen-bond donors (Lipinski definition) is 1. The molecule has 4 heteroatoms. The Kier molecular flexibility index (Phi) is 4.50. The van der Waals surface area contributed by atoms with Crippen molar-refractivity contribution in [3.63, 3.8) is 0 Å². The molecular formula is C12H18O3S. The molecule has 0 saturated carbocycles. The third-order valence-corrected chi connectivity index (χ3v) is 4.26. The third-order valence-electron chi connectivity index (χ3n) is 2.62. The molecule has 0 unspecified atom stereocenters. The number of rotatable bonds is 5. The molecule has 0 aliphatic heterocycles. The van der Waals surface area contributed by atoms with E-state index in [1.165, 1.54) is 0 Å². The molecule has 1 aromatic carbocycles. The van der Waals surface area contributed by atoms with E-state index in [1.807, 2.05) is 32.0 Å². The van der Waals surface area contributed by atoms with Gasteiger partial charge in [0.2, 0.25) is 0 Å². The number of hydrogen-bond acceptors (Lipinski definition) is 3. The second kappa shape index (κ2) is 5.46. The van der Waals surface area contributed by atoms with Crippen molar-refractivity contribution < 1.29 is 13.5 Å². The molecule has 1 N–H and O–H groups in total. The molecule has 0 saturated heterocycles. The summed E-state index contributed by atoms with van der Waals surface area (Å²) in [6.07, 6.45) is 0.313. The zero-order chi connectivity index (χ0) is 12.2. The van der Waals surface area contributed by atoms with E-state index in [0.717, 1.165) is 16.7 Å². The summed E-state index contributed by atoms with van der Waals surface area (Å²) in [7, 11) is -3.10. The van der Waals surface area contributed by atoms with Gasteiger partial charge in [-0.25, -0.2) is 8.42 Å². The molecule has 0 heterocycles. The van der Waals surface area contributed by atoms with Crippen LogP contribution < -0.4 is 0 Å². The van der Waals surface area contributed by atoms with Crippen LogP contribution in [0, 0.1) is 13.8 Å². The van der Waals surface area contributed by atoms with Gasteiger partial charge in [0, 0.05) is 6.61 Å². The summed E-state index contributed by atoms with van der Waals surface area (Å²) >= 11 is 0. The Hall–Kier alpha value is -0.870. The second-order valence-electron chi connectivity index (χ2n) is 4.04. The Morgan fingerprint density at radius 1 is 1.19 bits per heavy atom. The van der Waals surface area contributed by atoms with E-state index in [0.29, 0.717) is 6.42 Å². The fraction of sp³-hybridized carbons (Fsp3) is 0.500. The zero-order valence-corrected chi connectivity index (χ0v) is 10.5. The maximum absolute atomic E-state index is 11.8. The summed E-state index contributed by atoms with van der Waals surface area (Å²) in [5, 5.41) is 8.64. The van der Waals surface area contributed by atoms with Crippen LogP contribution in [0.15, 0.2) is 18.2 Å². The van der Waals surface area contributed by atoms with Crippen LogP contribution in [0.25, 0.3) is 0 Å². The molecule has 1 rings (SSSR count). The summed E-state index contributed by atoms with van der Waals surface area (Å²) in [4.78, 5) is 0. The predicted octanol–water partition coefficient (Wildman–Crippen LogP) is 1.60. The Morgan fingerprint density at radius 3 is 2.25 bits per heavy atom. The van der Waals surface area contributed by atoms with Crippen molar-refractivity contribution in [3.8, 4) is 0 Å². The number of aryl methyl sites for hydroxylation is 2. The number of aliphatic hydroxyl groups excluding tert-OH is 1. The largest absolute Gasteiger partial charge is 0.396 e. The quantitative estimate of drug-likeness (QED) is 0.853. The molecule has 0 amide bonds. The Balaban J connectivity index is 2.88. The monoisotopic (exact) mass is 242 g/mol. The summed E-state index contributed by atoms with van der Waals surface area (Å²) in [6.45, 7) is 3.76. The van der Waals surface area contributed by atoms with Gasteiger partial charge in [0.25, 0.3) is 0 Å². The van der Waals surface area contributed by atoms with Crippen LogP contribution in [-0.2, 0) is 15.6 Å². The normalized spacial score (nSPS) is 11.7. The SMILES string of the molecule is Cc1cccc(C)c1CS(=O)(=O)CCCO.